The predicted octanol–water partition coefficient (Wildman–Crippen LogP) is 2.61. The Labute approximate surface area is 87.1 Å². The molecule has 2 nitrogen and oxygen atoms in total. The second-order valence-corrected chi connectivity index (χ2v) is 4.34. The van der Waals surface area contributed by atoms with Crippen molar-refractivity contribution in [1.29, 1.82) is 0 Å². The van der Waals surface area contributed by atoms with Gasteiger partial charge in [-0.25, -0.2) is 4.98 Å². The number of hydrogen-bond acceptors (Lipinski definition) is 2. The Kier molecular flexibility index (Phi) is 2.65. The minimum atomic E-state index is 0.525. The third kappa shape index (κ3) is 1.92. The van der Waals surface area contributed by atoms with Crippen LogP contribution in [0.2, 0.25) is 0 Å². The zero-order chi connectivity index (χ0) is 9.26. The summed E-state index contributed by atoms with van der Waals surface area (Å²) in [7, 11) is 2.17. The molecule has 13 heavy (non-hydrogen) atoms. The van der Waals surface area contributed by atoms with Gasteiger partial charge in [0.15, 0.2) is 0 Å². The molecule has 0 saturated carbocycles. The number of nitrogens with zero attached hydrogens (tertiary/aromatic N) is 2. The van der Waals surface area contributed by atoms with Gasteiger partial charge in [-0.05, 0) is 54.5 Å². The van der Waals surface area contributed by atoms with Crippen molar-refractivity contribution in [3.63, 3.8) is 0 Å². The highest BCUT2D eigenvalue weighted by Crippen LogP contribution is 2.29. The zero-order valence-electron chi connectivity index (χ0n) is 7.70. The topological polar surface area (TPSA) is 16.1 Å². The third-order valence-corrected chi connectivity index (χ3v) is 3.04. The second-order valence-electron chi connectivity index (χ2n) is 3.52. The molecule has 70 valence electrons. The summed E-state index contributed by atoms with van der Waals surface area (Å²) in [5.41, 5.74) is 1.19. The van der Waals surface area contributed by atoms with Crippen molar-refractivity contribution < 1.29 is 0 Å². The van der Waals surface area contributed by atoms with E-state index in [1.165, 1.54) is 25.1 Å². The van der Waals surface area contributed by atoms with E-state index in [0.29, 0.717) is 6.04 Å². The third-order valence-electron chi connectivity index (χ3n) is 2.60. The maximum absolute atomic E-state index is 4.48. The Morgan fingerprint density at radius 2 is 2.38 bits per heavy atom. The largest absolute Gasteiger partial charge is 0.298 e. The van der Waals surface area contributed by atoms with Crippen LogP contribution in [0.25, 0.3) is 0 Å². The van der Waals surface area contributed by atoms with Gasteiger partial charge in [0.25, 0.3) is 0 Å². The van der Waals surface area contributed by atoms with E-state index in [1.54, 1.807) is 0 Å². The molecule has 1 aliphatic rings. The average Bonchev–Trinajstić information content (AvgIpc) is 2.51. The summed E-state index contributed by atoms with van der Waals surface area (Å²) in [6.45, 7) is 1.19. The lowest BCUT2D eigenvalue weighted by molar-refractivity contribution is 0.311. The Morgan fingerprint density at radius 1 is 1.54 bits per heavy atom. The van der Waals surface area contributed by atoms with Crippen LogP contribution in [-0.2, 0) is 0 Å². The smallest absolute Gasteiger partial charge is 0.106 e. The second kappa shape index (κ2) is 3.76. The molecule has 3 heteroatoms. The molecule has 1 fully saturated rings. The van der Waals surface area contributed by atoms with Gasteiger partial charge in [-0.3, -0.25) is 4.90 Å². The van der Waals surface area contributed by atoms with Crippen molar-refractivity contribution in [2.24, 2.45) is 0 Å². The molecule has 1 aliphatic heterocycles. The fourth-order valence-electron chi connectivity index (χ4n) is 1.89. The van der Waals surface area contributed by atoms with Gasteiger partial charge in [0, 0.05) is 0 Å². The Bertz CT molecular complexity index is 301. The van der Waals surface area contributed by atoms with Crippen molar-refractivity contribution in [2.45, 2.75) is 18.9 Å². The molecule has 2 rings (SSSR count). The molecular weight excluding hydrogens is 228 g/mol. The monoisotopic (exact) mass is 240 g/mol. The van der Waals surface area contributed by atoms with E-state index < -0.39 is 0 Å². The fraction of sp³-hybridized carbons (Fsp3) is 0.500. The molecular formula is C10H13BrN2. The SMILES string of the molecule is CN1CCC[C@@H]1c1cccc(Br)n1. The summed E-state index contributed by atoms with van der Waals surface area (Å²) in [6, 6.07) is 6.66. The summed E-state index contributed by atoms with van der Waals surface area (Å²) in [5, 5.41) is 0. The molecule has 1 aromatic heterocycles. The van der Waals surface area contributed by atoms with E-state index in [2.05, 4.69) is 45.0 Å². The van der Waals surface area contributed by atoms with Crippen LogP contribution >= 0.6 is 15.9 Å². The van der Waals surface area contributed by atoms with Gasteiger partial charge in [0.1, 0.15) is 4.60 Å². The molecule has 0 spiro atoms. The number of likely N-dealkylation sites (tertiary alicyclic amines) is 1. The van der Waals surface area contributed by atoms with Gasteiger partial charge in [-0.1, -0.05) is 6.07 Å². The summed E-state index contributed by atoms with van der Waals surface area (Å²) in [6.07, 6.45) is 2.52. The maximum atomic E-state index is 4.48. The van der Waals surface area contributed by atoms with Gasteiger partial charge in [0.05, 0.1) is 11.7 Å². The lowest BCUT2D eigenvalue weighted by atomic mass is 10.1. The van der Waals surface area contributed by atoms with Crippen molar-refractivity contribution in [3.05, 3.63) is 28.5 Å². The fourth-order valence-corrected chi connectivity index (χ4v) is 2.25. The molecule has 0 N–H and O–H groups in total. The first-order chi connectivity index (χ1) is 6.27. The van der Waals surface area contributed by atoms with E-state index >= 15 is 0 Å². The minimum absolute atomic E-state index is 0.525. The van der Waals surface area contributed by atoms with Crippen LogP contribution < -0.4 is 0 Å². The molecule has 0 radical (unpaired) electrons. The summed E-state index contributed by atoms with van der Waals surface area (Å²) < 4.78 is 0.935. The highest BCUT2D eigenvalue weighted by atomic mass is 79.9. The molecule has 0 amide bonds. The number of pyridine rings is 1. The first kappa shape index (κ1) is 9.16. The van der Waals surface area contributed by atoms with Gasteiger partial charge < -0.3 is 0 Å². The quantitative estimate of drug-likeness (QED) is 0.702. The van der Waals surface area contributed by atoms with Gasteiger partial charge in [0.2, 0.25) is 0 Å². The van der Waals surface area contributed by atoms with Crippen LogP contribution in [0, 0.1) is 0 Å². The van der Waals surface area contributed by atoms with E-state index in [9.17, 15) is 0 Å². The van der Waals surface area contributed by atoms with Crippen molar-refractivity contribution >= 4 is 15.9 Å². The predicted molar refractivity (Wildman–Crippen MR) is 56.5 cm³/mol. The highest BCUT2D eigenvalue weighted by Gasteiger charge is 2.23. The molecule has 0 bridgehead atoms. The van der Waals surface area contributed by atoms with Crippen LogP contribution in [0.15, 0.2) is 22.8 Å². The van der Waals surface area contributed by atoms with Crippen molar-refractivity contribution in [3.8, 4) is 0 Å². The number of aromatic nitrogens is 1. The van der Waals surface area contributed by atoms with Crippen molar-refractivity contribution in [2.75, 3.05) is 13.6 Å². The standard InChI is InChI=1S/C10H13BrN2/c1-13-7-3-5-9(13)8-4-2-6-10(11)12-8/h2,4,6,9H,3,5,7H2,1H3/t9-/m1/s1. The summed E-state index contributed by atoms with van der Waals surface area (Å²) in [4.78, 5) is 6.85. The van der Waals surface area contributed by atoms with Crippen LogP contribution in [0.4, 0.5) is 0 Å². The van der Waals surface area contributed by atoms with Gasteiger partial charge in [-0.2, -0.15) is 0 Å². The Balaban J connectivity index is 2.24. The van der Waals surface area contributed by atoms with Gasteiger partial charge >= 0.3 is 0 Å². The molecule has 1 aromatic rings. The van der Waals surface area contributed by atoms with E-state index in [-0.39, 0.29) is 0 Å². The molecule has 1 atom stereocenters. The Morgan fingerprint density at radius 3 is 3.00 bits per heavy atom. The van der Waals surface area contributed by atoms with E-state index in [1.807, 2.05) is 6.07 Å². The first-order valence-corrected chi connectivity index (χ1v) is 5.39. The van der Waals surface area contributed by atoms with Crippen LogP contribution in [0.5, 0.6) is 0 Å². The lowest BCUT2D eigenvalue weighted by Gasteiger charge is -2.18. The maximum Gasteiger partial charge on any atom is 0.106 e. The van der Waals surface area contributed by atoms with Gasteiger partial charge in [-0.15, -0.1) is 0 Å². The van der Waals surface area contributed by atoms with Crippen LogP contribution in [0.1, 0.15) is 24.6 Å². The minimum Gasteiger partial charge on any atom is -0.298 e. The lowest BCUT2D eigenvalue weighted by Crippen LogP contribution is -2.18. The number of rotatable bonds is 1. The van der Waals surface area contributed by atoms with Crippen LogP contribution in [0.3, 0.4) is 0 Å². The Hall–Kier alpha value is -0.410. The van der Waals surface area contributed by atoms with E-state index in [0.717, 1.165) is 4.60 Å². The molecule has 0 aromatic carbocycles. The molecule has 1 saturated heterocycles. The highest BCUT2D eigenvalue weighted by molar-refractivity contribution is 9.10. The molecule has 0 unspecified atom stereocenters. The van der Waals surface area contributed by atoms with E-state index in [4.69, 9.17) is 0 Å². The molecule has 2 heterocycles. The summed E-state index contributed by atoms with van der Waals surface area (Å²) in [5.74, 6) is 0. The van der Waals surface area contributed by atoms with Crippen LogP contribution in [-0.4, -0.2) is 23.5 Å². The first-order valence-electron chi connectivity index (χ1n) is 4.60. The number of halogens is 1. The number of hydrogen-bond donors (Lipinski definition) is 0. The summed E-state index contributed by atoms with van der Waals surface area (Å²) >= 11 is 3.40. The normalized spacial score (nSPS) is 23.7. The molecule has 0 aliphatic carbocycles. The van der Waals surface area contributed by atoms with Crippen molar-refractivity contribution in [1.82, 2.24) is 9.88 Å². The zero-order valence-corrected chi connectivity index (χ0v) is 9.29. The average molecular weight is 241 g/mol.